The fraction of sp³-hybridized carbons (Fsp3) is 0.227. The van der Waals surface area contributed by atoms with E-state index in [9.17, 15) is 9.18 Å². The number of esters is 1. The number of aromatic nitrogens is 1. The van der Waals surface area contributed by atoms with Gasteiger partial charge in [-0.05, 0) is 55.8 Å². The van der Waals surface area contributed by atoms with Crippen molar-refractivity contribution >= 4 is 28.5 Å². The van der Waals surface area contributed by atoms with Gasteiger partial charge in [0.1, 0.15) is 5.83 Å². The Balaban J connectivity index is 2.26. The van der Waals surface area contributed by atoms with E-state index >= 15 is 0 Å². The number of hydrogen-bond acceptors (Lipinski definition) is 3. The van der Waals surface area contributed by atoms with E-state index < -0.39 is 0 Å². The van der Waals surface area contributed by atoms with Crippen LogP contribution in [0.25, 0.3) is 22.0 Å². The van der Waals surface area contributed by atoms with E-state index in [1.807, 2.05) is 35.8 Å². The lowest BCUT2D eigenvalue weighted by Gasteiger charge is -2.08. The Labute approximate surface area is 168 Å². The molecule has 3 rings (SSSR count). The molecule has 0 bridgehead atoms. The third-order valence-corrected chi connectivity index (χ3v) is 4.83. The van der Waals surface area contributed by atoms with Crippen molar-refractivity contribution in [1.82, 2.24) is 4.57 Å². The molecule has 0 aliphatic rings. The molecule has 4 nitrogen and oxygen atoms in total. The van der Waals surface area contributed by atoms with Gasteiger partial charge in [0.15, 0.2) is 0 Å². The van der Waals surface area contributed by atoms with Crippen LogP contribution < -0.4 is 5.73 Å². The van der Waals surface area contributed by atoms with Gasteiger partial charge >= 0.3 is 5.97 Å². The molecule has 2 N–H and O–H groups in total. The maximum atomic E-state index is 14.2. The second-order valence-electron chi connectivity index (χ2n) is 6.40. The SMILES string of the molecule is CCOC(=O)c1ccc2c(c1)c(-c1cccc(Cl)c1)c(C)n2C/C(F)=C/CN. The first kappa shape index (κ1) is 20.1. The second kappa shape index (κ2) is 8.59. The molecule has 146 valence electrons. The molecular formula is C22H22ClFN2O2. The van der Waals surface area contributed by atoms with E-state index in [1.54, 1.807) is 25.1 Å². The van der Waals surface area contributed by atoms with Crippen molar-refractivity contribution in [1.29, 1.82) is 0 Å². The fourth-order valence-corrected chi connectivity index (χ4v) is 3.57. The average Bonchev–Trinajstić information content (AvgIpc) is 2.93. The van der Waals surface area contributed by atoms with Crippen molar-refractivity contribution in [2.75, 3.05) is 13.2 Å². The number of hydrogen-bond donors (Lipinski definition) is 1. The monoisotopic (exact) mass is 400 g/mol. The molecule has 2 aromatic carbocycles. The number of benzene rings is 2. The zero-order valence-corrected chi connectivity index (χ0v) is 16.6. The Morgan fingerprint density at radius 2 is 2.07 bits per heavy atom. The number of carbonyl (C=O) groups is 1. The summed E-state index contributed by atoms with van der Waals surface area (Å²) in [6.45, 7) is 4.20. The lowest BCUT2D eigenvalue weighted by atomic mass is 10.0. The molecule has 28 heavy (non-hydrogen) atoms. The Kier molecular flexibility index (Phi) is 6.17. The maximum absolute atomic E-state index is 14.2. The van der Waals surface area contributed by atoms with E-state index in [4.69, 9.17) is 22.1 Å². The highest BCUT2D eigenvalue weighted by molar-refractivity contribution is 6.31. The fourth-order valence-electron chi connectivity index (χ4n) is 3.38. The van der Waals surface area contributed by atoms with Crippen LogP contribution in [-0.4, -0.2) is 23.7 Å². The van der Waals surface area contributed by atoms with Crippen molar-refractivity contribution in [2.45, 2.75) is 20.4 Å². The highest BCUT2D eigenvalue weighted by Crippen LogP contribution is 2.36. The van der Waals surface area contributed by atoms with Crippen LogP contribution in [0, 0.1) is 6.92 Å². The van der Waals surface area contributed by atoms with Crippen LogP contribution in [0.4, 0.5) is 4.39 Å². The topological polar surface area (TPSA) is 57.2 Å². The van der Waals surface area contributed by atoms with Crippen LogP contribution in [0.5, 0.6) is 0 Å². The molecule has 1 aromatic heterocycles. The Morgan fingerprint density at radius 3 is 2.75 bits per heavy atom. The zero-order chi connectivity index (χ0) is 20.3. The van der Waals surface area contributed by atoms with Gasteiger partial charge in [0.25, 0.3) is 0 Å². The molecule has 0 saturated carbocycles. The normalized spacial score (nSPS) is 11.8. The Bertz CT molecular complexity index is 1060. The number of nitrogens with zero attached hydrogens (tertiary/aromatic N) is 1. The molecule has 6 heteroatoms. The third-order valence-electron chi connectivity index (χ3n) is 4.60. The van der Waals surface area contributed by atoms with E-state index in [2.05, 4.69) is 0 Å². The summed E-state index contributed by atoms with van der Waals surface area (Å²) in [6.07, 6.45) is 1.36. The summed E-state index contributed by atoms with van der Waals surface area (Å²) in [5, 5.41) is 1.44. The number of nitrogens with two attached hydrogens (primary N) is 1. The van der Waals surface area contributed by atoms with Crippen molar-refractivity contribution in [3.8, 4) is 11.1 Å². The van der Waals surface area contributed by atoms with Crippen LogP contribution in [-0.2, 0) is 11.3 Å². The highest BCUT2D eigenvalue weighted by Gasteiger charge is 2.19. The minimum atomic E-state index is -0.388. The smallest absolute Gasteiger partial charge is 0.338 e. The van der Waals surface area contributed by atoms with Gasteiger partial charge in [-0.1, -0.05) is 23.7 Å². The number of allylic oxidation sites excluding steroid dienone is 1. The first-order chi connectivity index (χ1) is 13.5. The summed E-state index contributed by atoms with van der Waals surface area (Å²) < 4.78 is 21.2. The summed E-state index contributed by atoms with van der Waals surface area (Å²) in [4.78, 5) is 12.2. The highest BCUT2D eigenvalue weighted by atomic mass is 35.5. The molecule has 3 aromatic rings. The molecule has 1 heterocycles. The van der Waals surface area contributed by atoms with E-state index in [1.165, 1.54) is 6.08 Å². The summed E-state index contributed by atoms with van der Waals surface area (Å²) in [7, 11) is 0. The lowest BCUT2D eigenvalue weighted by Crippen LogP contribution is -2.05. The summed E-state index contributed by atoms with van der Waals surface area (Å²) in [5.41, 5.74) is 9.39. The van der Waals surface area contributed by atoms with E-state index in [0.717, 1.165) is 27.7 Å². The number of rotatable bonds is 6. The number of ether oxygens (including phenoxy) is 1. The summed E-state index contributed by atoms with van der Waals surface area (Å²) in [5.74, 6) is -0.698. The summed E-state index contributed by atoms with van der Waals surface area (Å²) in [6, 6.07) is 12.8. The molecule has 0 spiro atoms. The average molecular weight is 401 g/mol. The maximum Gasteiger partial charge on any atom is 0.338 e. The minimum absolute atomic E-state index is 0.0683. The first-order valence-corrected chi connectivity index (χ1v) is 9.44. The molecule has 0 atom stereocenters. The Morgan fingerprint density at radius 1 is 1.29 bits per heavy atom. The zero-order valence-electron chi connectivity index (χ0n) is 15.8. The molecule has 0 amide bonds. The van der Waals surface area contributed by atoms with Crippen LogP contribution in [0.1, 0.15) is 23.0 Å². The van der Waals surface area contributed by atoms with Crippen LogP contribution in [0.15, 0.2) is 54.4 Å². The van der Waals surface area contributed by atoms with Gasteiger partial charge in [-0.3, -0.25) is 0 Å². The van der Waals surface area contributed by atoms with Crippen molar-refractivity contribution in [3.63, 3.8) is 0 Å². The third kappa shape index (κ3) is 3.96. The van der Waals surface area contributed by atoms with Crippen LogP contribution in [0.3, 0.4) is 0 Å². The number of halogens is 2. The van der Waals surface area contributed by atoms with Gasteiger partial charge in [0, 0.05) is 33.7 Å². The van der Waals surface area contributed by atoms with Crippen LogP contribution in [0.2, 0.25) is 5.02 Å². The molecule has 0 saturated heterocycles. The molecule has 0 unspecified atom stereocenters. The molecule has 0 radical (unpaired) electrons. The number of fused-ring (bicyclic) bond motifs is 1. The van der Waals surface area contributed by atoms with Gasteiger partial charge in [-0.25, -0.2) is 9.18 Å². The molecular weight excluding hydrogens is 379 g/mol. The van der Waals surface area contributed by atoms with Gasteiger partial charge in [0.05, 0.1) is 18.7 Å². The van der Waals surface area contributed by atoms with E-state index in [0.29, 0.717) is 17.2 Å². The van der Waals surface area contributed by atoms with Gasteiger partial charge in [0.2, 0.25) is 0 Å². The standard InChI is InChI=1S/C22H22ClFN2O2/c1-3-28-22(27)16-7-8-20-19(12-16)21(15-5-4-6-17(23)11-15)14(2)26(20)13-18(24)9-10-25/h4-9,11-12H,3,10,13,25H2,1-2H3/b18-9-. The van der Waals surface area contributed by atoms with E-state index in [-0.39, 0.29) is 24.9 Å². The summed E-state index contributed by atoms with van der Waals surface area (Å²) >= 11 is 6.19. The Hall–Kier alpha value is -2.63. The molecule has 0 aliphatic heterocycles. The quantitative estimate of drug-likeness (QED) is 0.574. The van der Waals surface area contributed by atoms with Crippen molar-refractivity contribution < 1.29 is 13.9 Å². The largest absolute Gasteiger partial charge is 0.462 e. The van der Waals surface area contributed by atoms with Gasteiger partial charge < -0.3 is 15.0 Å². The first-order valence-electron chi connectivity index (χ1n) is 9.06. The van der Waals surface area contributed by atoms with Crippen molar-refractivity contribution in [2.24, 2.45) is 5.73 Å². The van der Waals surface area contributed by atoms with Crippen LogP contribution >= 0.6 is 11.6 Å². The van der Waals surface area contributed by atoms with Crippen molar-refractivity contribution in [3.05, 3.63) is 70.6 Å². The van der Waals surface area contributed by atoms with Gasteiger partial charge in [-0.15, -0.1) is 0 Å². The molecule has 0 aliphatic carbocycles. The molecule has 0 fully saturated rings. The number of carbonyl (C=O) groups excluding carboxylic acids is 1. The predicted molar refractivity (Wildman–Crippen MR) is 111 cm³/mol. The minimum Gasteiger partial charge on any atom is -0.462 e. The van der Waals surface area contributed by atoms with Gasteiger partial charge in [-0.2, -0.15) is 0 Å². The second-order valence-corrected chi connectivity index (χ2v) is 6.83. The predicted octanol–water partition coefficient (Wildman–Crippen LogP) is 5.26. The lowest BCUT2D eigenvalue weighted by molar-refractivity contribution is 0.0526.